The first-order chi connectivity index (χ1) is 7.66. The van der Waals surface area contributed by atoms with Crippen LogP contribution in [0.3, 0.4) is 0 Å². The molecule has 4 nitrogen and oxygen atoms in total. The van der Waals surface area contributed by atoms with E-state index in [0.29, 0.717) is 0 Å². The van der Waals surface area contributed by atoms with Crippen LogP contribution in [0.4, 0.5) is 0 Å². The second-order valence-electron chi connectivity index (χ2n) is 3.88. The van der Waals surface area contributed by atoms with Crippen LogP contribution in [0, 0.1) is 13.8 Å². The summed E-state index contributed by atoms with van der Waals surface area (Å²) >= 11 is 1.75. The zero-order chi connectivity index (χ0) is 11.5. The van der Waals surface area contributed by atoms with Crippen molar-refractivity contribution in [2.75, 3.05) is 0 Å². The molecule has 0 aromatic carbocycles. The highest BCUT2D eigenvalue weighted by atomic mass is 32.1. The molecule has 0 amide bonds. The van der Waals surface area contributed by atoms with Crippen molar-refractivity contribution in [3.05, 3.63) is 33.5 Å². The van der Waals surface area contributed by atoms with Crippen molar-refractivity contribution in [3.63, 3.8) is 0 Å². The van der Waals surface area contributed by atoms with Gasteiger partial charge in [0.15, 0.2) is 0 Å². The van der Waals surface area contributed by atoms with Gasteiger partial charge in [0.2, 0.25) is 0 Å². The van der Waals surface area contributed by atoms with Gasteiger partial charge in [-0.2, -0.15) is 5.10 Å². The molecule has 0 saturated carbocycles. The minimum atomic E-state index is 0.278. The monoisotopic (exact) mass is 236 g/mol. The maximum Gasteiger partial charge on any atom is 0.0900 e. The number of rotatable bonds is 4. The van der Waals surface area contributed by atoms with Gasteiger partial charge < -0.3 is 5.32 Å². The van der Waals surface area contributed by atoms with Crippen LogP contribution in [-0.2, 0) is 6.54 Å². The van der Waals surface area contributed by atoms with Crippen molar-refractivity contribution < 1.29 is 0 Å². The molecule has 0 aliphatic rings. The van der Waals surface area contributed by atoms with E-state index in [9.17, 15) is 0 Å². The molecule has 1 atom stereocenters. The molecular formula is C11H16N4S. The van der Waals surface area contributed by atoms with Crippen molar-refractivity contribution in [3.8, 4) is 0 Å². The lowest BCUT2D eigenvalue weighted by molar-refractivity contribution is 0.561. The molecule has 0 aliphatic heterocycles. The molecule has 0 saturated heterocycles. The lowest BCUT2D eigenvalue weighted by Crippen LogP contribution is -2.18. The molecule has 0 radical (unpaired) electrons. The number of H-pyrrole nitrogens is 1. The Labute approximate surface area is 99.1 Å². The largest absolute Gasteiger partial charge is 0.305 e. The molecule has 2 heterocycles. The van der Waals surface area contributed by atoms with Crippen molar-refractivity contribution in [1.82, 2.24) is 20.5 Å². The SMILES string of the molecule is Cc1nc(C(C)NCc2cn[nH]c2)c(C)s1. The van der Waals surface area contributed by atoms with Gasteiger partial charge in [0.05, 0.1) is 16.9 Å². The summed E-state index contributed by atoms with van der Waals surface area (Å²) in [6.45, 7) is 7.12. The number of aromatic amines is 1. The van der Waals surface area contributed by atoms with Gasteiger partial charge in [-0.05, 0) is 20.8 Å². The Kier molecular flexibility index (Phi) is 3.36. The summed E-state index contributed by atoms with van der Waals surface area (Å²) in [5, 5.41) is 11.3. The third-order valence-electron chi connectivity index (χ3n) is 2.52. The van der Waals surface area contributed by atoms with Gasteiger partial charge in [0.1, 0.15) is 0 Å². The molecule has 1 unspecified atom stereocenters. The number of nitrogens with zero attached hydrogens (tertiary/aromatic N) is 2. The quantitative estimate of drug-likeness (QED) is 0.856. The summed E-state index contributed by atoms with van der Waals surface area (Å²) in [6, 6.07) is 0.278. The molecule has 0 fully saturated rings. The minimum absolute atomic E-state index is 0.278. The molecular weight excluding hydrogens is 220 g/mol. The zero-order valence-corrected chi connectivity index (χ0v) is 10.6. The summed E-state index contributed by atoms with van der Waals surface area (Å²) < 4.78 is 0. The minimum Gasteiger partial charge on any atom is -0.305 e. The van der Waals surface area contributed by atoms with Gasteiger partial charge in [0, 0.05) is 29.2 Å². The van der Waals surface area contributed by atoms with Gasteiger partial charge in [-0.3, -0.25) is 5.10 Å². The van der Waals surface area contributed by atoms with Crippen LogP contribution >= 0.6 is 11.3 Å². The zero-order valence-electron chi connectivity index (χ0n) is 9.74. The number of hydrogen-bond acceptors (Lipinski definition) is 4. The first-order valence-corrected chi connectivity index (χ1v) is 6.13. The smallest absolute Gasteiger partial charge is 0.0900 e. The maximum absolute atomic E-state index is 4.54. The van der Waals surface area contributed by atoms with E-state index < -0.39 is 0 Å². The van der Waals surface area contributed by atoms with E-state index in [1.807, 2.05) is 19.3 Å². The standard InChI is InChI=1S/C11H16N4S/c1-7(11-8(2)16-9(3)15-11)12-4-10-5-13-14-6-10/h5-7,12H,4H2,1-3H3,(H,13,14). The van der Waals surface area contributed by atoms with Crippen LogP contribution in [0.1, 0.15) is 34.1 Å². The lowest BCUT2D eigenvalue weighted by Gasteiger charge is -2.11. The first kappa shape index (κ1) is 11.3. The molecule has 2 aromatic heterocycles. The van der Waals surface area contributed by atoms with Gasteiger partial charge in [-0.25, -0.2) is 4.98 Å². The molecule has 0 aliphatic carbocycles. The van der Waals surface area contributed by atoms with E-state index in [1.54, 1.807) is 11.3 Å². The van der Waals surface area contributed by atoms with E-state index >= 15 is 0 Å². The molecule has 2 N–H and O–H groups in total. The Morgan fingerprint density at radius 3 is 2.88 bits per heavy atom. The van der Waals surface area contributed by atoms with Gasteiger partial charge in [-0.15, -0.1) is 11.3 Å². The Bertz CT molecular complexity index is 447. The number of aryl methyl sites for hydroxylation is 2. The molecule has 0 bridgehead atoms. The molecule has 2 rings (SSSR count). The fraction of sp³-hybridized carbons (Fsp3) is 0.455. The average molecular weight is 236 g/mol. The summed E-state index contributed by atoms with van der Waals surface area (Å²) in [4.78, 5) is 5.84. The summed E-state index contributed by atoms with van der Waals surface area (Å²) in [7, 11) is 0. The van der Waals surface area contributed by atoms with E-state index in [-0.39, 0.29) is 6.04 Å². The highest BCUT2D eigenvalue weighted by Gasteiger charge is 2.12. The van der Waals surface area contributed by atoms with E-state index in [4.69, 9.17) is 0 Å². The van der Waals surface area contributed by atoms with Gasteiger partial charge in [0.25, 0.3) is 0 Å². The van der Waals surface area contributed by atoms with Gasteiger partial charge in [-0.1, -0.05) is 0 Å². The number of hydrogen-bond donors (Lipinski definition) is 2. The predicted molar refractivity (Wildman–Crippen MR) is 65.4 cm³/mol. The van der Waals surface area contributed by atoms with Crippen LogP contribution in [0.2, 0.25) is 0 Å². The first-order valence-electron chi connectivity index (χ1n) is 5.32. The highest BCUT2D eigenvalue weighted by Crippen LogP contribution is 2.22. The molecule has 0 spiro atoms. The molecule has 16 heavy (non-hydrogen) atoms. The van der Waals surface area contributed by atoms with E-state index in [2.05, 4.69) is 34.3 Å². The van der Waals surface area contributed by atoms with E-state index in [1.165, 1.54) is 4.88 Å². The van der Waals surface area contributed by atoms with E-state index in [0.717, 1.165) is 22.8 Å². The van der Waals surface area contributed by atoms with Crippen molar-refractivity contribution in [2.24, 2.45) is 0 Å². The third-order valence-corrected chi connectivity index (χ3v) is 3.42. The fourth-order valence-corrected chi connectivity index (χ4v) is 2.60. The van der Waals surface area contributed by atoms with Crippen LogP contribution in [-0.4, -0.2) is 15.2 Å². The Hall–Kier alpha value is -1.20. The summed E-state index contributed by atoms with van der Waals surface area (Å²) in [5.74, 6) is 0. The van der Waals surface area contributed by atoms with Crippen LogP contribution in [0.15, 0.2) is 12.4 Å². The van der Waals surface area contributed by atoms with Crippen LogP contribution in [0.25, 0.3) is 0 Å². The molecule has 5 heteroatoms. The normalized spacial score (nSPS) is 12.9. The van der Waals surface area contributed by atoms with Crippen molar-refractivity contribution in [1.29, 1.82) is 0 Å². The van der Waals surface area contributed by atoms with Crippen molar-refractivity contribution in [2.45, 2.75) is 33.4 Å². The number of aromatic nitrogens is 3. The topological polar surface area (TPSA) is 53.6 Å². The second kappa shape index (κ2) is 4.76. The number of thiazole rings is 1. The molecule has 86 valence electrons. The maximum atomic E-state index is 4.54. The average Bonchev–Trinajstić information content (AvgIpc) is 2.84. The summed E-state index contributed by atoms with van der Waals surface area (Å²) in [6.07, 6.45) is 3.73. The van der Waals surface area contributed by atoms with Crippen molar-refractivity contribution >= 4 is 11.3 Å². The fourth-order valence-electron chi connectivity index (χ4n) is 1.69. The highest BCUT2D eigenvalue weighted by molar-refractivity contribution is 7.11. The Balaban J connectivity index is 1.98. The van der Waals surface area contributed by atoms with Crippen LogP contribution in [0.5, 0.6) is 0 Å². The Morgan fingerprint density at radius 2 is 2.31 bits per heavy atom. The van der Waals surface area contributed by atoms with Gasteiger partial charge >= 0.3 is 0 Å². The predicted octanol–water partition coefficient (Wildman–Crippen LogP) is 2.33. The lowest BCUT2D eigenvalue weighted by atomic mass is 10.2. The van der Waals surface area contributed by atoms with Crippen LogP contribution < -0.4 is 5.32 Å². The summed E-state index contributed by atoms with van der Waals surface area (Å²) in [5.41, 5.74) is 2.32. The molecule has 2 aromatic rings. The Morgan fingerprint density at radius 1 is 1.50 bits per heavy atom. The number of nitrogens with one attached hydrogen (secondary N) is 2. The second-order valence-corrected chi connectivity index (χ2v) is 5.29. The third kappa shape index (κ3) is 2.48.